The Morgan fingerprint density at radius 3 is 2.39 bits per heavy atom. The normalized spacial score (nSPS) is 11.9. The van der Waals surface area contributed by atoms with Crippen molar-refractivity contribution in [2.45, 2.75) is 26.2 Å². The first-order chi connectivity index (χ1) is 8.54. The molecule has 0 radical (unpaired) electrons. The molecule has 0 aliphatic rings. The van der Waals surface area contributed by atoms with Gasteiger partial charge in [-0.15, -0.1) is 0 Å². The number of methoxy groups -OCH3 is 1. The SMILES string of the molecule is COC(=O)C(CCCc1ccc(O)cc1)C(C)=O. The van der Waals surface area contributed by atoms with Crippen molar-refractivity contribution in [1.82, 2.24) is 0 Å². The molecule has 1 N–H and O–H groups in total. The molecule has 0 fully saturated rings. The van der Waals surface area contributed by atoms with Crippen LogP contribution in [0.2, 0.25) is 0 Å². The van der Waals surface area contributed by atoms with Crippen molar-refractivity contribution in [3.05, 3.63) is 29.8 Å². The van der Waals surface area contributed by atoms with Crippen molar-refractivity contribution in [2.75, 3.05) is 7.11 Å². The average molecular weight is 250 g/mol. The van der Waals surface area contributed by atoms with Crippen LogP contribution >= 0.6 is 0 Å². The maximum absolute atomic E-state index is 11.4. The Labute approximate surface area is 107 Å². The highest BCUT2D eigenvalue weighted by atomic mass is 16.5. The molecule has 18 heavy (non-hydrogen) atoms. The molecule has 0 bridgehead atoms. The summed E-state index contributed by atoms with van der Waals surface area (Å²) < 4.78 is 4.60. The Kier molecular flexibility index (Phi) is 5.36. The highest BCUT2D eigenvalue weighted by Crippen LogP contribution is 2.15. The van der Waals surface area contributed by atoms with Gasteiger partial charge in [-0.05, 0) is 43.9 Å². The van der Waals surface area contributed by atoms with E-state index in [4.69, 9.17) is 5.11 Å². The van der Waals surface area contributed by atoms with Crippen LogP contribution in [0.25, 0.3) is 0 Å². The van der Waals surface area contributed by atoms with Crippen LogP contribution in [0, 0.1) is 5.92 Å². The number of hydrogen-bond donors (Lipinski definition) is 1. The summed E-state index contributed by atoms with van der Waals surface area (Å²) in [6.07, 6.45) is 1.98. The summed E-state index contributed by atoms with van der Waals surface area (Å²) in [4.78, 5) is 22.7. The third-order valence-electron chi connectivity index (χ3n) is 2.87. The number of rotatable bonds is 6. The Morgan fingerprint density at radius 2 is 1.89 bits per heavy atom. The lowest BCUT2D eigenvalue weighted by Gasteiger charge is -2.10. The molecule has 4 heteroatoms. The van der Waals surface area contributed by atoms with E-state index in [0.717, 1.165) is 18.4 Å². The number of ketones is 1. The van der Waals surface area contributed by atoms with E-state index in [9.17, 15) is 9.59 Å². The molecule has 1 unspecified atom stereocenters. The van der Waals surface area contributed by atoms with Crippen molar-refractivity contribution >= 4 is 11.8 Å². The molecule has 1 aromatic rings. The monoisotopic (exact) mass is 250 g/mol. The van der Waals surface area contributed by atoms with Crippen LogP contribution in [0.5, 0.6) is 5.75 Å². The highest BCUT2D eigenvalue weighted by molar-refractivity contribution is 5.97. The second-order valence-electron chi connectivity index (χ2n) is 4.25. The molecule has 1 aromatic carbocycles. The van der Waals surface area contributed by atoms with E-state index in [0.29, 0.717) is 6.42 Å². The lowest BCUT2D eigenvalue weighted by atomic mass is 9.96. The van der Waals surface area contributed by atoms with Gasteiger partial charge in [0.05, 0.1) is 7.11 Å². The lowest BCUT2D eigenvalue weighted by molar-refractivity contribution is -0.149. The maximum Gasteiger partial charge on any atom is 0.316 e. The highest BCUT2D eigenvalue weighted by Gasteiger charge is 2.23. The fraction of sp³-hybridized carbons (Fsp3) is 0.429. The molecule has 98 valence electrons. The Morgan fingerprint density at radius 1 is 1.28 bits per heavy atom. The number of carbonyl (C=O) groups excluding carboxylic acids is 2. The number of ether oxygens (including phenoxy) is 1. The zero-order chi connectivity index (χ0) is 13.5. The fourth-order valence-corrected chi connectivity index (χ4v) is 1.80. The van der Waals surface area contributed by atoms with Crippen molar-refractivity contribution in [3.8, 4) is 5.75 Å². The van der Waals surface area contributed by atoms with Gasteiger partial charge in [-0.3, -0.25) is 9.59 Å². The summed E-state index contributed by atoms with van der Waals surface area (Å²) in [5.74, 6) is -1.05. The van der Waals surface area contributed by atoms with Crippen molar-refractivity contribution in [3.63, 3.8) is 0 Å². The molecule has 0 saturated heterocycles. The number of aryl methyl sites for hydroxylation is 1. The van der Waals surface area contributed by atoms with Gasteiger partial charge in [-0.2, -0.15) is 0 Å². The number of esters is 1. The van der Waals surface area contributed by atoms with Gasteiger partial charge >= 0.3 is 5.97 Å². The van der Waals surface area contributed by atoms with E-state index in [1.165, 1.54) is 14.0 Å². The Hall–Kier alpha value is -1.84. The smallest absolute Gasteiger partial charge is 0.316 e. The van der Waals surface area contributed by atoms with Crippen LogP contribution in [-0.2, 0) is 20.7 Å². The maximum atomic E-state index is 11.4. The minimum atomic E-state index is -0.660. The quantitative estimate of drug-likeness (QED) is 0.620. The summed E-state index contributed by atoms with van der Waals surface area (Å²) in [6.45, 7) is 1.40. The number of aromatic hydroxyl groups is 1. The van der Waals surface area contributed by atoms with Gasteiger partial charge < -0.3 is 9.84 Å². The van der Waals surface area contributed by atoms with E-state index in [2.05, 4.69) is 4.74 Å². The number of Topliss-reactive ketones (excluding diaryl/α,β-unsaturated/α-hetero) is 1. The standard InChI is InChI=1S/C14H18O4/c1-10(15)13(14(17)18-2)5-3-4-11-6-8-12(16)9-7-11/h6-9,13,16H,3-5H2,1-2H3. The Balaban J connectivity index is 2.46. The molecule has 1 rings (SSSR count). The first kappa shape index (κ1) is 14.2. The first-order valence-electron chi connectivity index (χ1n) is 5.90. The molecule has 1 atom stereocenters. The summed E-state index contributed by atoms with van der Waals surface area (Å²) in [7, 11) is 1.29. The van der Waals surface area contributed by atoms with Crippen LogP contribution < -0.4 is 0 Å². The van der Waals surface area contributed by atoms with Crippen LogP contribution in [0.1, 0.15) is 25.3 Å². The van der Waals surface area contributed by atoms with E-state index in [-0.39, 0.29) is 11.5 Å². The molecule has 4 nitrogen and oxygen atoms in total. The lowest BCUT2D eigenvalue weighted by Crippen LogP contribution is -2.23. The van der Waals surface area contributed by atoms with Crippen LogP contribution in [0.4, 0.5) is 0 Å². The predicted octanol–water partition coefficient (Wildman–Crippen LogP) is 2.09. The minimum absolute atomic E-state index is 0.160. The fourth-order valence-electron chi connectivity index (χ4n) is 1.80. The summed E-state index contributed by atoms with van der Waals surface area (Å²) >= 11 is 0. The van der Waals surface area contributed by atoms with Crippen LogP contribution in [0.15, 0.2) is 24.3 Å². The minimum Gasteiger partial charge on any atom is -0.508 e. The zero-order valence-corrected chi connectivity index (χ0v) is 10.7. The van der Waals surface area contributed by atoms with Gasteiger partial charge in [0.25, 0.3) is 0 Å². The van der Waals surface area contributed by atoms with Gasteiger partial charge in [0.15, 0.2) is 0 Å². The molecule has 0 aliphatic heterocycles. The second kappa shape index (κ2) is 6.79. The van der Waals surface area contributed by atoms with Gasteiger partial charge in [0, 0.05) is 0 Å². The van der Waals surface area contributed by atoms with Gasteiger partial charge in [0.2, 0.25) is 0 Å². The van der Waals surface area contributed by atoms with Gasteiger partial charge in [0.1, 0.15) is 17.5 Å². The number of carbonyl (C=O) groups is 2. The largest absolute Gasteiger partial charge is 0.508 e. The van der Waals surface area contributed by atoms with E-state index >= 15 is 0 Å². The molecule has 0 heterocycles. The summed E-state index contributed by atoms with van der Waals surface area (Å²) in [5, 5.41) is 9.14. The van der Waals surface area contributed by atoms with Crippen LogP contribution in [0.3, 0.4) is 0 Å². The molecular weight excluding hydrogens is 232 g/mol. The van der Waals surface area contributed by atoms with Gasteiger partial charge in [-0.25, -0.2) is 0 Å². The predicted molar refractivity (Wildman–Crippen MR) is 67.2 cm³/mol. The van der Waals surface area contributed by atoms with Crippen molar-refractivity contribution in [1.29, 1.82) is 0 Å². The molecule has 0 aromatic heterocycles. The number of phenols is 1. The number of hydrogen-bond acceptors (Lipinski definition) is 4. The molecule has 0 spiro atoms. The van der Waals surface area contributed by atoms with Crippen molar-refractivity contribution in [2.24, 2.45) is 5.92 Å². The van der Waals surface area contributed by atoms with Gasteiger partial charge in [-0.1, -0.05) is 12.1 Å². The second-order valence-corrected chi connectivity index (χ2v) is 4.25. The van der Waals surface area contributed by atoms with Crippen molar-refractivity contribution < 1.29 is 19.4 Å². The third kappa shape index (κ3) is 4.20. The summed E-state index contributed by atoms with van der Waals surface area (Å²) in [5.41, 5.74) is 1.07. The van der Waals surface area contributed by atoms with E-state index < -0.39 is 11.9 Å². The molecular formula is C14H18O4. The number of phenolic OH excluding ortho intramolecular Hbond substituents is 1. The van der Waals surface area contributed by atoms with E-state index in [1.54, 1.807) is 12.1 Å². The number of benzene rings is 1. The topological polar surface area (TPSA) is 63.6 Å². The average Bonchev–Trinajstić information content (AvgIpc) is 2.35. The molecule has 0 amide bonds. The zero-order valence-electron chi connectivity index (χ0n) is 10.7. The third-order valence-corrected chi connectivity index (χ3v) is 2.87. The first-order valence-corrected chi connectivity index (χ1v) is 5.90. The summed E-state index contributed by atoms with van der Waals surface area (Å²) in [6, 6.07) is 6.91. The Bertz CT molecular complexity index is 408. The molecule has 0 saturated carbocycles. The van der Waals surface area contributed by atoms with Crippen LogP contribution in [-0.4, -0.2) is 24.0 Å². The van der Waals surface area contributed by atoms with E-state index in [1.807, 2.05) is 12.1 Å². The molecule has 0 aliphatic carbocycles.